The summed E-state index contributed by atoms with van der Waals surface area (Å²) < 4.78 is 3.55. The molecule has 0 unspecified atom stereocenters. The lowest BCUT2D eigenvalue weighted by Crippen LogP contribution is -2.18. The summed E-state index contributed by atoms with van der Waals surface area (Å²) in [5.74, 6) is -0.401. The van der Waals surface area contributed by atoms with E-state index in [1.54, 1.807) is 12.4 Å². The highest BCUT2D eigenvalue weighted by Crippen LogP contribution is 2.08. The summed E-state index contributed by atoms with van der Waals surface area (Å²) in [5, 5.41) is 7.25. The van der Waals surface area contributed by atoms with E-state index in [-0.39, 0.29) is 6.54 Å². The molecule has 0 radical (unpaired) electrons. The highest BCUT2D eigenvalue weighted by Gasteiger charge is 2.02. The molecule has 6 heteroatoms. The van der Waals surface area contributed by atoms with Crippen LogP contribution in [0.15, 0.2) is 30.7 Å². The Balaban J connectivity index is 1.93. The topological polar surface area (TPSA) is 77.9 Å². The number of primary amides is 1. The van der Waals surface area contributed by atoms with Crippen molar-refractivity contribution in [3.8, 4) is 0 Å². The summed E-state index contributed by atoms with van der Waals surface area (Å²) >= 11 is 0. The summed E-state index contributed by atoms with van der Waals surface area (Å²) in [7, 11) is 1.99. The van der Waals surface area contributed by atoms with Crippen LogP contribution in [0.3, 0.4) is 0 Å². The smallest absolute Gasteiger partial charge is 0.239 e. The van der Waals surface area contributed by atoms with Crippen molar-refractivity contribution < 1.29 is 4.79 Å². The molecule has 2 rings (SSSR count). The van der Waals surface area contributed by atoms with Gasteiger partial charge in [-0.15, -0.1) is 0 Å². The molecule has 0 aliphatic carbocycles. The minimum absolute atomic E-state index is 0.103. The largest absolute Gasteiger partial charge is 0.377 e. The average Bonchev–Trinajstić information content (AvgIpc) is 2.84. The fourth-order valence-corrected chi connectivity index (χ4v) is 1.57. The van der Waals surface area contributed by atoms with Gasteiger partial charge in [0, 0.05) is 25.1 Å². The second-order valence-electron chi connectivity index (χ2n) is 3.86. The minimum Gasteiger partial charge on any atom is -0.377 e. The number of carbonyl (C=O) groups excluding carboxylic acids is 1. The van der Waals surface area contributed by atoms with Gasteiger partial charge in [0.25, 0.3) is 0 Å². The number of hydrogen-bond donors (Lipinski definition) is 2. The van der Waals surface area contributed by atoms with E-state index in [0.717, 1.165) is 5.69 Å². The van der Waals surface area contributed by atoms with Crippen molar-refractivity contribution in [2.75, 3.05) is 5.32 Å². The van der Waals surface area contributed by atoms with E-state index < -0.39 is 5.91 Å². The number of anilines is 1. The summed E-state index contributed by atoms with van der Waals surface area (Å²) in [6.45, 7) is 0.817. The Morgan fingerprint density at radius 2 is 2.41 bits per heavy atom. The molecule has 0 fully saturated rings. The van der Waals surface area contributed by atoms with Crippen LogP contribution in [0.25, 0.3) is 0 Å². The van der Waals surface area contributed by atoms with Gasteiger partial charge >= 0.3 is 0 Å². The van der Waals surface area contributed by atoms with E-state index in [1.165, 1.54) is 10.4 Å². The Morgan fingerprint density at radius 3 is 3.06 bits per heavy atom. The molecule has 6 nitrogen and oxygen atoms in total. The molecule has 3 N–H and O–H groups in total. The van der Waals surface area contributed by atoms with Crippen LogP contribution < -0.4 is 11.1 Å². The fraction of sp³-hybridized carbons (Fsp3) is 0.273. The van der Waals surface area contributed by atoms with Gasteiger partial charge in [-0.25, -0.2) is 0 Å². The van der Waals surface area contributed by atoms with Gasteiger partial charge in [-0.3, -0.25) is 9.48 Å². The maximum atomic E-state index is 10.7. The highest BCUT2D eigenvalue weighted by molar-refractivity contribution is 5.73. The van der Waals surface area contributed by atoms with Gasteiger partial charge in [0.15, 0.2) is 0 Å². The van der Waals surface area contributed by atoms with Crippen molar-refractivity contribution >= 4 is 11.6 Å². The summed E-state index contributed by atoms with van der Waals surface area (Å²) in [6.07, 6.45) is 5.42. The minimum atomic E-state index is -0.401. The molecule has 0 aliphatic heterocycles. The quantitative estimate of drug-likeness (QED) is 0.780. The molecule has 0 aromatic carbocycles. The van der Waals surface area contributed by atoms with Gasteiger partial charge < -0.3 is 15.6 Å². The molecular weight excluding hydrogens is 218 g/mol. The summed E-state index contributed by atoms with van der Waals surface area (Å²) in [5.41, 5.74) is 7.12. The van der Waals surface area contributed by atoms with Crippen LogP contribution in [-0.4, -0.2) is 20.3 Å². The third-order valence-corrected chi connectivity index (χ3v) is 2.48. The molecular formula is C11H15N5O. The Morgan fingerprint density at radius 1 is 1.59 bits per heavy atom. The van der Waals surface area contributed by atoms with Gasteiger partial charge in [-0.05, 0) is 12.1 Å². The zero-order valence-electron chi connectivity index (χ0n) is 9.63. The second-order valence-corrected chi connectivity index (χ2v) is 3.86. The van der Waals surface area contributed by atoms with Crippen molar-refractivity contribution in [1.82, 2.24) is 14.3 Å². The number of nitrogens with zero attached hydrogens (tertiary/aromatic N) is 3. The summed E-state index contributed by atoms with van der Waals surface area (Å²) in [4.78, 5) is 10.7. The molecule has 17 heavy (non-hydrogen) atoms. The fourth-order valence-electron chi connectivity index (χ4n) is 1.57. The molecule has 2 heterocycles. The normalized spacial score (nSPS) is 10.4. The van der Waals surface area contributed by atoms with Gasteiger partial charge in [0.05, 0.1) is 18.4 Å². The lowest BCUT2D eigenvalue weighted by molar-refractivity contribution is -0.118. The molecule has 1 amide bonds. The molecule has 2 aromatic heterocycles. The van der Waals surface area contributed by atoms with Crippen LogP contribution in [0.5, 0.6) is 0 Å². The van der Waals surface area contributed by atoms with Gasteiger partial charge in [-0.1, -0.05) is 0 Å². The molecule has 0 bridgehead atoms. The van der Waals surface area contributed by atoms with Crippen molar-refractivity contribution in [2.24, 2.45) is 12.8 Å². The molecule has 0 aliphatic rings. The Hall–Kier alpha value is -2.24. The number of aromatic nitrogens is 3. The van der Waals surface area contributed by atoms with E-state index in [9.17, 15) is 4.79 Å². The molecule has 2 aromatic rings. The average molecular weight is 233 g/mol. The van der Waals surface area contributed by atoms with E-state index in [4.69, 9.17) is 5.73 Å². The lowest BCUT2D eigenvalue weighted by Gasteiger charge is -2.04. The number of nitrogens with two attached hydrogens (primary N) is 1. The first kappa shape index (κ1) is 11.3. The molecule has 0 saturated carbocycles. The maximum Gasteiger partial charge on any atom is 0.239 e. The third kappa shape index (κ3) is 2.87. The Kier molecular flexibility index (Phi) is 3.13. The predicted molar refractivity (Wildman–Crippen MR) is 64.2 cm³/mol. The molecule has 0 atom stereocenters. The maximum absolute atomic E-state index is 10.7. The zero-order valence-corrected chi connectivity index (χ0v) is 9.63. The van der Waals surface area contributed by atoms with Crippen LogP contribution in [0.1, 0.15) is 5.69 Å². The van der Waals surface area contributed by atoms with E-state index >= 15 is 0 Å². The van der Waals surface area contributed by atoms with Crippen LogP contribution >= 0.6 is 0 Å². The zero-order chi connectivity index (χ0) is 12.3. The lowest BCUT2D eigenvalue weighted by atomic mass is 10.4. The van der Waals surface area contributed by atoms with Gasteiger partial charge in [-0.2, -0.15) is 5.10 Å². The van der Waals surface area contributed by atoms with Crippen LogP contribution in [0.4, 0.5) is 5.69 Å². The first-order chi connectivity index (χ1) is 8.15. The standard InChI is InChI=1S/C11H15N5O/c1-15-4-2-3-10(15)6-13-9-5-14-16(7-9)8-11(12)17/h2-5,7,13H,6,8H2,1H3,(H2,12,17). The van der Waals surface area contributed by atoms with Gasteiger partial charge in [0.2, 0.25) is 5.91 Å². The van der Waals surface area contributed by atoms with Crippen molar-refractivity contribution in [1.29, 1.82) is 0 Å². The number of carbonyl (C=O) groups is 1. The van der Waals surface area contributed by atoms with Crippen LogP contribution in [0.2, 0.25) is 0 Å². The number of nitrogens with one attached hydrogen (secondary N) is 1. The summed E-state index contributed by atoms with van der Waals surface area (Å²) in [6, 6.07) is 4.04. The third-order valence-electron chi connectivity index (χ3n) is 2.48. The first-order valence-corrected chi connectivity index (χ1v) is 5.30. The molecule has 0 spiro atoms. The Bertz CT molecular complexity index is 513. The number of rotatable bonds is 5. The van der Waals surface area contributed by atoms with Crippen molar-refractivity contribution in [2.45, 2.75) is 13.1 Å². The monoisotopic (exact) mass is 233 g/mol. The van der Waals surface area contributed by atoms with Crippen LogP contribution in [0, 0.1) is 0 Å². The number of hydrogen-bond acceptors (Lipinski definition) is 3. The molecule has 90 valence electrons. The second kappa shape index (κ2) is 4.73. The Labute approximate surface area is 99.0 Å². The SMILES string of the molecule is Cn1cccc1CNc1cnn(CC(N)=O)c1. The van der Waals surface area contributed by atoms with E-state index in [1.807, 2.05) is 29.9 Å². The van der Waals surface area contributed by atoms with E-state index in [0.29, 0.717) is 6.54 Å². The van der Waals surface area contributed by atoms with Crippen LogP contribution in [-0.2, 0) is 24.9 Å². The number of aryl methyl sites for hydroxylation is 1. The van der Waals surface area contributed by atoms with Crippen molar-refractivity contribution in [3.63, 3.8) is 0 Å². The molecule has 0 saturated heterocycles. The van der Waals surface area contributed by atoms with E-state index in [2.05, 4.69) is 10.4 Å². The van der Waals surface area contributed by atoms with Gasteiger partial charge in [0.1, 0.15) is 6.54 Å². The predicted octanol–water partition coefficient (Wildman–Crippen LogP) is 0.319. The highest BCUT2D eigenvalue weighted by atomic mass is 16.1. The number of amides is 1. The first-order valence-electron chi connectivity index (χ1n) is 5.30. The van der Waals surface area contributed by atoms with Crippen molar-refractivity contribution in [3.05, 3.63) is 36.4 Å².